The number of rotatable bonds is 10. The van der Waals surface area contributed by atoms with Crippen molar-refractivity contribution in [1.29, 1.82) is 0 Å². The summed E-state index contributed by atoms with van der Waals surface area (Å²) in [5, 5.41) is 5.99. The molecule has 1 aliphatic carbocycles. The van der Waals surface area contributed by atoms with Crippen LogP contribution in [-0.2, 0) is 19.1 Å². The summed E-state index contributed by atoms with van der Waals surface area (Å²) in [5.74, 6) is -0.251. The molecular formula is C12H22N2O4. The van der Waals surface area contributed by atoms with Crippen LogP contribution in [0.1, 0.15) is 26.2 Å². The van der Waals surface area contributed by atoms with Crippen molar-refractivity contribution in [2.24, 2.45) is 0 Å². The molecular weight excluding hydrogens is 236 g/mol. The third-order valence-corrected chi connectivity index (χ3v) is 2.42. The van der Waals surface area contributed by atoms with Crippen molar-refractivity contribution in [3.05, 3.63) is 0 Å². The first-order valence-electron chi connectivity index (χ1n) is 6.45. The fourth-order valence-electron chi connectivity index (χ4n) is 1.36. The van der Waals surface area contributed by atoms with Gasteiger partial charge in [0.1, 0.15) is 6.61 Å². The standard InChI is InChI=1S/C12H22N2O4/c1-2-18-12(16)9-17-8-7-13-6-5-11(15)14-10-3-4-10/h10,13H,2-9H2,1H3,(H,14,15). The van der Waals surface area contributed by atoms with Crippen LogP contribution >= 0.6 is 0 Å². The maximum absolute atomic E-state index is 11.3. The predicted molar refractivity (Wildman–Crippen MR) is 66.1 cm³/mol. The Hall–Kier alpha value is -1.14. The Balaban J connectivity index is 1.80. The maximum Gasteiger partial charge on any atom is 0.332 e. The van der Waals surface area contributed by atoms with Gasteiger partial charge in [0.25, 0.3) is 0 Å². The zero-order valence-electron chi connectivity index (χ0n) is 10.9. The van der Waals surface area contributed by atoms with Crippen LogP contribution in [0.15, 0.2) is 0 Å². The van der Waals surface area contributed by atoms with Crippen LogP contribution in [0.25, 0.3) is 0 Å². The average Bonchev–Trinajstić information content (AvgIpc) is 3.12. The maximum atomic E-state index is 11.3. The van der Waals surface area contributed by atoms with Crippen molar-refractivity contribution in [2.45, 2.75) is 32.2 Å². The molecule has 1 rings (SSSR count). The number of esters is 1. The Labute approximate surface area is 107 Å². The van der Waals surface area contributed by atoms with Gasteiger partial charge in [0.2, 0.25) is 5.91 Å². The number of nitrogens with one attached hydrogen (secondary N) is 2. The number of carbonyl (C=O) groups is 2. The smallest absolute Gasteiger partial charge is 0.332 e. The van der Waals surface area contributed by atoms with E-state index >= 15 is 0 Å². The van der Waals surface area contributed by atoms with E-state index in [1.54, 1.807) is 6.92 Å². The van der Waals surface area contributed by atoms with E-state index in [2.05, 4.69) is 10.6 Å². The van der Waals surface area contributed by atoms with Gasteiger partial charge in [0.15, 0.2) is 0 Å². The van der Waals surface area contributed by atoms with E-state index in [4.69, 9.17) is 9.47 Å². The largest absolute Gasteiger partial charge is 0.464 e. The summed E-state index contributed by atoms with van der Waals surface area (Å²) in [6.45, 7) is 3.79. The van der Waals surface area contributed by atoms with Crippen LogP contribution in [0.3, 0.4) is 0 Å². The fourth-order valence-corrected chi connectivity index (χ4v) is 1.36. The van der Waals surface area contributed by atoms with Gasteiger partial charge in [-0.05, 0) is 19.8 Å². The van der Waals surface area contributed by atoms with Crippen molar-refractivity contribution >= 4 is 11.9 Å². The van der Waals surface area contributed by atoms with Crippen LogP contribution in [0, 0.1) is 0 Å². The van der Waals surface area contributed by atoms with Gasteiger partial charge in [-0.25, -0.2) is 4.79 Å². The Bertz CT molecular complexity index is 267. The monoisotopic (exact) mass is 258 g/mol. The van der Waals surface area contributed by atoms with Crippen molar-refractivity contribution in [2.75, 3.05) is 32.9 Å². The van der Waals surface area contributed by atoms with Gasteiger partial charge in [-0.3, -0.25) is 4.79 Å². The summed E-state index contributed by atoms with van der Waals surface area (Å²) in [6.07, 6.45) is 2.70. The lowest BCUT2D eigenvalue weighted by molar-refractivity contribution is -0.148. The highest BCUT2D eigenvalue weighted by Gasteiger charge is 2.22. The summed E-state index contributed by atoms with van der Waals surface area (Å²) in [7, 11) is 0. The highest BCUT2D eigenvalue weighted by atomic mass is 16.6. The van der Waals surface area contributed by atoms with E-state index in [-0.39, 0.29) is 18.5 Å². The van der Waals surface area contributed by atoms with E-state index in [1.165, 1.54) is 0 Å². The topological polar surface area (TPSA) is 76.7 Å². The van der Waals surface area contributed by atoms with Crippen molar-refractivity contribution < 1.29 is 19.1 Å². The van der Waals surface area contributed by atoms with E-state index < -0.39 is 0 Å². The first-order valence-corrected chi connectivity index (χ1v) is 6.45. The molecule has 18 heavy (non-hydrogen) atoms. The molecule has 1 aliphatic rings. The second-order valence-electron chi connectivity index (χ2n) is 4.20. The summed E-state index contributed by atoms with van der Waals surface area (Å²) in [4.78, 5) is 22.2. The molecule has 0 aliphatic heterocycles. The minimum atomic E-state index is -0.346. The molecule has 0 spiro atoms. The van der Waals surface area contributed by atoms with Gasteiger partial charge in [-0.15, -0.1) is 0 Å². The lowest BCUT2D eigenvalue weighted by Crippen LogP contribution is -2.30. The van der Waals surface area contributed by atoms with Crippen LogP contribution in [0.4, 0.5) is 0 Å². The third kappa shape index (κ3) is 8.03. The molecule has 0 unspecified atom stereocenters. The molecule has 0 heterocycles. The SMILES string of the molecule is CCOC(=O)COCCNCCC(=O)NC1CC1. The molecule has 104 valence electrons. The first kappa shape index (κ1) is 14.9. The normalized spacial score (nSPS) is 14.3. The van der Waals surface area contributed by atoms with Gasteiger partial charge in [0.05, 0.1) is 13.2 Å². The molecule has 0 aromatic heterocycles. The molecule has 0 saturated heterocycles. The summed E-state index contributed by atoms with van der Waals surface area (Å²) in [6, 6.07) is 0.422. The van der Waals surface area contributed by atoms with Gasteiger partial charge in [-0.1, -0.05) is 0 Å². The molecule has 0 aromatic carbocycles. The van der Waals surface area contributed by atoms with E-state index in [1.807, 2.05) is 0 Å². The molecule has 0 bridgehead atoms. The Morgan fingerprint density at radius 1 is 1.28 bits per heavy atom. The van der Waals surface area contributed by atoms with Crippen molar-refractivity contribution in [3.8, 4) is 0 Å². The third-order valence-electron chi connectivity index (χ3n) is 2.42. The van der Waals surface area contributed by atoms with Gasteiger partial charge in [-0.2, -0.15) is 0 Å². The summed E-state index contributed by atoms with van der Waals surface area (Å²) in [5.41, 5.74) is 0. The second-order valence-corrected chi connectivity index (χ2v) is 4.20. The molecule has 1 amide bonds. The van der Waals surface area contributed by atoms with Crippen LogP contribution in [0.2, 0.25) is 0 Å². The molecule has 2 N–H and O–H groups in total. The summed E-state index contributed by atoms with van der Waals surface area (Å²) < 4.78 is 9.80. The van der Waals surface area contributed by atoms with E-state index in [0.29, 0.717) is 38.8 Å². The predicted octanol–water partition coefficient (Wildman–Crippen LogP) is -0.176. The van der Waals surface area contributed by atoms with Crippen molar-refractivity contribution in [3.63, 3.8) is 0 Å². The van der Waals surface area contributed by atoms with Crippen LogP contribution in [0.5, 0.6) is 0 Å². The van der Waals surface area contributed by atoms with Gasteiger partial charge < -0.3 is 20.1 Å². The van der Waals surface area contributed by atoms with Gasteiger partial charge >= 0.3 is 5.97 Å². The molecule has 0 atom stereocenters. The highest BCUT2D eigenvalue weighted by Crippen LogP contribution is 2.18. The Morgan fingerprint density at radius 2 is 2.06 bits per heavy atom. The van der Waals surface area contributed by atoms with Crippen LogP contribution in [-0.4, -0.2) is 50.8 Å². The molecule has 1 fully saturated rings. The van der Waals surface area contributed by atoms with E-state index in [9.17, 15) is 9.59 Å². The first-order chi connectivity index (χ1) is 8.72. The van der Waals surface area contributed by atoms with Gasteiger partial charge in [0, 0.05) is 25.6 Å². The second kappa shape index (κ2) is 8.88. The quantitative estimate of drug-likeness (QED) is 0.420. The Kier molecular flexibility index (Phi) is 7.36. The molecule has 0 radical (unpaired) electrons. The number of amides is 1. The molecule has 6 heteroatoms. The molecule has 1 saturated carbocycles. The van der Waals surface area contributed by atoms with Crippen LogP contribution < -0.4 is 10.6 Å². The lowest BCUT2D eigenvalue weighted by atomic mass is 10.4. The lowest BCUT2D eigenvalue weighted by Gasteiger charge is -2.06. The van der Waals surface area contributed by atoms with Crippen molar-refractivity contribution in [1.82, 2.24) is 10.6 Å². The zero-order valence-corrected chi connectivity index (χ0v) is 10.9. The minimum Gasteiger partial charge on any atom is -0.464 e. The number of hydrogen-bond acceptors (Lipinski definition) is 5. The minimum absolute atomic E-state index is 0.0162. The highest BCUT2D eigenvalue weighted by molar-refractivity contribution is 5.76. The number of ether oxygens (including phenoxy) is 2. The fraction of sp³-hybridized carbons (Fsp3) is 0.833. The molecule has 6 nitrogen and oxygen atoms in total. The van der Waals surface area contributed by atoms with E-state index in [0.717, 1.165) is 12.8 Å². The Morgan fingerprint density at radius 3 is 2.72 bits per heavy atom. The average molecular weight is 258 g/mol. The zero-order chi connectivity index (χ0) is 13.2. The molecule has 0 aromatic rings. The number of hydrogen-bond donors (Lipinski definition) is 2. The summed E-state index contributed by atoms with van der Waals surface area (Å²) >= 11 is 0. The number of carbonyl (C=O) groups excluding carboxylic acids is 2.